The molecule has 1 heterocycles. The second kappa shape index (κ2) is 6.32. The Balaban J connectivity index is 2.15. The van der Waals surface area contributed by atoms with Crippen molar-refractivity contribution in [2.75, 3.05) is 7.11 Å². The molecule has 0 amide bonds. The molecule has 0 aliphatic rings. The monoisotopic (exact) mass is 342 g/mol. The second-order valence-corrected chi connectivity index (χ2v) is 5.21. The fraction of sp³-hybridized carbons (Fsp3) is 0.231. The number of rotatable bonds is 4. The molecule has 0 bridgehead atoms. The standard InChI is InChI=1S/C13H12BrClN2O2/c1-19-13-6-9(16-7-17-13)5-12(18)8-2-3-10(14)11(15)4-8/h2-4,6-7,12,18H,5H2,1H3. The molecule has 0 saturated heterocycles. The van der Waals surface area contributed by atoms with Crippen LogP contribution in [0.5, 0.6) is 5.88 Å². The van der Waals surface area contributed by atoms with E-state index in [1.54, 1.807) is 18.2 Å². The Kier molecular flexibility index (Phi) is 4.74. The van der Waals surface area contributed by atoms with Gasteiger partial charge >= 0.3 is 0 Å². The zero-order valence-corrected chi connectivity index (χ0v) is 12.5. The van der Waals surface area contributed by atoms with E-state index in [1.807, 2.05) is 6.07 Å². The highest BCUT2D eigenvalue weighted by molar-refractivity contribution is 9.10. The number of aliphatic hydroxyl groups is 1. The average Bonchev–Trinajstić information content (AvgIpc) is 2.42. The van der Waals surface area contributed by atoms with Crippen molar-refractivity contribution in [3.8, 4) is 5.88 Å². The van der Waals surface area contributed by atoms with E-state index in [4.69, 9.17) is 16.3 Å². The fourth-order valence-corrected chi connectivity index (χ4v) is 2.07. The molecule has 4 nitrogen and oxygen atoms in total. The lowest BCUT2D eigenvalue weighted by Gasteiger charge is -2.11. The fourth-order valence-electron chi connectivity index (χ4n) is 1.64. The average molecular weight is 344 g/mol. The van der Waals surface area contributed by atoms with Gasteiger partial charge in [0.05, 0.1) is 23.9 Å². The summed E-state index contributed by atoms with van der Waals surface area (Å²) < 4.78 is 5.82. The van der Waals surface area contributed by atoms with E-state index in [0.717, 1.165) is 10.0 Å². The van der Waals surface area contributed by atoms with Crippen molar-refractivity contribution in [2.45, 2.75) is 12.5 Å². The first-order valence-electron chi connectivity index (χ1n) is 5.58. The molecule has 0 aliphatic heterocycles. The van der Waals surface area contributed by atoms with Gasteiger partial charge in [-0.1, -0.05) is 17.7 Å². The molecular formula is C13H12BrClN2O2. The van der Waals surface area contributed by atoms with Crippen molar-refractivity contribution in [3.63, 3.8) is 0 Å². The lowest BCUT2D eigenvalue weighted by molar-refractivity contribution is 0.177. The predicted molar refractivity (Wildman–Crippen MR) is 76.4 cm³/mol. The summed E-state index contributed by atoms with van der Waals surface area (Å²) in [4.78, 5) is 8.02. The SMILES string of the molecule is COc1cc(CC(O)c2ccc(Br)c(Cl)c2)ncn1. The molecule has 1 unspecified atom stereocenters. The van der Waals surface area contributed by atoms with Crippen molar-refractivity contribution in [2.24, 2.45) is 0 Å². The molecule has 1 aromatic carbocycles. The third kappa shape index (κ3) is 3.65. The number of aliphatic hydroxyl groups excluding tert-OH is 1. The van der Waals surface area contributed by atoms with Gasteiger partial charge in [-0.2, -0.15) is 0 Å². The zero-order valence-electron chi connectivity index (χ0n) is 10.2. The summed E-state index contributed by atoms with van der Waals surface area (Å²) in [6.45, 7) is 0. The maximum absolute atomic E-state index is 10.2. The molecule has 0 fully saturated rings. The van der Waals surface area contributed by atoms with Crippen LogP contribution in [0.25, 0.3) is 0 Å². The molecule has 6 heteroatoms. The van der Waals surface area contributed by atoms with Gasteiger partial charge in [-0.15, -0.1) is 0 Å². The largest absolute Gasteiger partial charge is 0.481 e. The normalized spacial score (nSPS) is 12.2. The van der Waals surface area contributed by atoms with Crippen molar-refractivity contribution in [3.05, 3.63) is 51.3 Å². The highest BCUT2D eigenvalue weighted by atomic mass is 79.9. The van der Waals surface area contributed by atoms with E-state index < -0.39 is 6.10 Å². The van der Waals surface area contributed by atoms with Gasteiger partial charge in [0.15, 0.2) is 0 Å². The van der Waals surface area contributed by atoms with Crippen molar-refractivity contribution in [1.29, 1.82) is 0 Å². The van der Waals surface area contributed by atoms with E-state index in [1.165, 1.54) is 13.4 Å². The van der Waals surface area contributed by atoms with Gasteiger partial charge in [-0.25, -0.2) is 9.97 Å². The zero-order chi connectivity index (χ0) is 13.8. The Morgan fingerprint density at radius 3 is 2.84 bits per heavy atom. The lowest BCUT2D eigenvalue weighted by atomic mass is 10.0. The molecule has 2 aromatic rings. The Hall–Kier alpha value is -1.17. The summed E-state index contributed by atoms with van der Waals surface area (Å²) >= 11 is 9.32. The Morgan fingerprint density at radius 2 is 2.16 bits per heavy atom. The second-order valence-electron chi connectivity index (χ2n) is 3.95. The third-order valence-corrected chi connectivity index (χ3v) is 3.87. The Bertz CT molecular complexity index is 580. The van der Waals surface area contributed by atoms with Crippen LogP contribution in [-0.2, 0) is 6.42 Å². The smallest absolute Gasteiger partial charge is 0.216 e. The maximum atomic E-state index is 10.2. The Labute approximate surface area is 124 Å². The minimum atomic E-state index is -0.676. The van der Waals surface area contributed by atoms with E-state index in [9.17, 15) is 5.11 Å². The van der Waals surface area contributed by atoms with Gasteiger partial charge in [0.25, 0.3) is 0 Å². The van der Waals surface area contributed by atoms with Crippen LogP contribution in [0, 0.1) is 0 Å². The van der Waals surface area contributed by atoms with Crippen LogP contribution in [0.3, 0.4) is 0 Å². The number of hydrogen-bond donors (Lipinski definition) is 1. The molecule has 0 radical (unpaired) electrons. The van der Waals surface area contributed by atoms with Gasteiger partial charge in [-0.3, -0.25) is 0 Å². The number of aromatic nitrogens is 2. The molecule has 19 heavy (non-hydrogen) atoms. The van der Waals surface area contributed by atoms with E-state index in [2.05, 4.69) is 25.9 Å². The molecular weight excluding hydrogens is 332 g/mol. The van der Waals surface area contributed by atoms with Crippen molar-refractivity contribution >= 4 is 27.5 Å². The van der Waals surface area contributed by atoms with Gasteiger partial charge in [-0.05, 0) is 33.6 Å². The van der Waals surface area contributed by atoms with Gasteiger partial charge in [0, 0.05) is 17.0 Å². The van der Waals surface area contributed by atoms with Crippen molar-refractivity contribution in [1.82, 2.24) is 9.97 Å². The van der Waals surface area contributed by atoms with Crippen LogP contribution in [0.4, 0.5) is 0 Å². The summed E-state index contributed by atoms with van der Waals surface area (Å²) in [5, 5.41) is 10.7. The van der Waals surface area contributed by atoms with Crippen LogP contribution >= 0.6 is 27.5 Å². The number of nitrogens with zero attached hydrogens (tertiary/aromatic N) is 2. The highest BCUT2D eigenvalue weighted by Crippen LogP contribution is 2.27. The first-order valence-corrected chi connectivity index (χ1v) is 6.75. The number of ether oxygens (including phenoxy) is 1. The summed E-state index contributed by atoms with van der Waals surface area (Å²) in [5.41, 5.74) is 1.45. The van der Waals surface area contributed by atoms with Crippen LogP contribution in [-0.4, -0.2) is 22.2 Å². The van der Waals surface area contributed by atoms with Crippen LogP contribution in [0.2, 0.25) is 5.02 Å². The molecule has 100 valence electrons. The number of hydrogen-bond acceptors (Lipinski definition) is 4. The van der Waals surface area contributed by atoms with Crippen molar-refractivity contribution < 1.29 is 9.84 Å². The molecule has 0 aliphatic carbocycles. The lowest BCUT2D eigenvalue weighted by Crippen LogP contribution is -2.04. The van der Waals surface area contributed by atoms with Gasteiger partial charge < -0.3 is 9.84 Å². The van der Waals surface area contributed by atoms with Gasteiger partial charge in [0.2, 0.25) is 5.88 Å². The van der Waals surface area contributed by atoms with Crippen LogP contribution in [0.1, 0.15) is 17.4 Å². The molecule has 2 rings (SSSR count). The summed E-state index contributed by atoms with van der Waals surface area (Å²) in [6.07, 6.45) is 1.11. The van der Waals surface area contributed by atoms with E-state index in [0.29, 0.717) is 23.0 Å². The van der Waals surface area contributed by atoms with E-state index in [-0.39, 0.29) is 0 Å². The molecule has 1 atom stereocenters. The Morgan fingerprint density at radius 1 is 1.37 bits per heavy atom. The third-order valence-electron chi connectivity index (χ3n) is 2.64. The number of methoxy groups -OCH3 is 1. The molecule has 0 spiro atoms. The minimum Gasteiger partial charge on any atom is -0.481 e. The summed E-state index contributed by atoms with van der Waals surface area (Å²) in [6, 6.07) is 7.05. The summed E-state index contributed by atoms with van der Waals surface area (Å²) in [5.74, 6) is 0.478. The number of halogens is 2. The summed E-state index contributed by atoms with van der Waals surface area (Å²) in [7, 11) is 1.54. The quantitative estimate of drug-likeness (QED) is 0.926. The number of benzene rings is 1. The minimum absolute atomic E-state index is 0.372. The van der Waals surface area contributed by atoms with Gasteiger partial charge in [0.1, 0.15) is 6.33 Å². The molecule has 0 saturated carbocycles. The maximum Gasteiger partial charge on any atom is 0.216 e. The molecule has 1 N–H and O–H groups in total. The van der Waals surface area contributed by atoms with Crippen LogP contribution < -0.4 is 4.74 Å². The van der Waals surface area contributed by atoms with E-state index >= 15 is 0 Å². The molecule has 1 aromatic heterocycles. The van der Waals surface area contributed by atoms with Crippen LogP contribution in [0.15, 0.2) is 35.1 Å². The topological polar surface area (TPSA) is 55.2 Å². The first kappa shape index (κ1) is 14.2. The highest BCUT2D eigenvalue weighted by Gasteiger charge is 2.12. The predicted octanol–water partition coefficient (Wildman–Crippen LogP) is 3.18. The first-order chi connectivity index (χ1) is 9.10.